The number of hydrogen-bond donors (Lipinski definition) is 1. The van der Waals surface area contributed by atoms with Gasteiger partial charge in [-0.15, -0.1) is 0 Å². The van der Waals surface area contributed by atoms with Gasteiger partial charge in [0.15, 0.2) is 0 Å². The van der Waals surface area contributed by atoms with Gasteiger partial charge < -0.3 is 10.5 Å². The summed E-state index contributed by atoms with van der Waals surface area (Å²) in [7, 11) is 0. The second-order valence-corrected chi connectivity index (χ2v) is 4.93. The summed E-state index contributed by atoms with van der Waals surface area (Å²) in [5, 5.41) is 0. The number of alkyl halides is 3. The predicted molar refractivity (Wildman–Crippen MR) is 70.5 cm³/mol. The highest BCUT2D eigenvalue weighted by atomic mass is 19.4. The highest BCUT2D eigenvalue weighted by Crippen LogP contribution is 2.35. The molecule has 1 unspecified atom stereocenters. The third kappa shape index (κ3) is 3.71. The molecule has 1 aliphatic rings. The van der Waals surface area contributed by atoms with E-state index in [0.29, 0.717) is 19.8 Å². The fourth-order valence-electron chi connectivity index (χ4n) is 2.51. The minimum absolute atomic E-state index is 0.199. The van der Waals surface area contributed by atoms with Gasteiger partial charge in [-0.3, -0.25) is 4.90 Å². The van der Waals surface area contributed by atoms with Gasteiger partial charge in [0, 0.05) is 32.1 Å². The first-order valence-corrected chi connectivity index (χ1v) is 6.68. The lowest BCUT2D eigenvalue weighted by Crippen LogP contribution is -2.40. The third-order valence-corrected chi connectivity index (χ3v) is 3.57. The first-order valence-electron chi connectivity index (χ1n) is 6.68. The van der Waals surface area contributed by atoms with Crippen molar-refractivity contribution in [3.05, 3.63) is 35.4 Å². The van der Waals surface area contributed by atoms with Gasteiger partial charge in [-0.25, -0.2) is 0 Å². The van der Waals surface area contributed by atoms with Gasteiger partial charge >= 0.3 is 6.18 Å². The predicted octanol–water partition coefficient (Wildman–Crippen LogP) is 2.08. The first-order chi connectivity index (χ1) is 9.52. The minimum atomic E-state index is -4.34. The topological polar surface area (TPSA) is 38.5 Å². The molecule has 1 aromatic carbocycles. The fraction of sp³-hybridized carbons (Fsp3) is 0.571. The van der Waals surface area contributed by atoms with Crippen LogP contribution in [-0.2, 0) is 10.9 Å². The first kappa shape index (κ1) is 15.3. The van der Waals surface area contributed by atoms with Gasteiger partial charge in [-0.1, -0.05) is 18.2 Å². The van der Waals surface area contributed by atoms with Crippen LogP contribution < -0.4 is 5.73 Å². The van der Waals surface area contributed by atoms with E-state index >= 15 is 0 Å². The zero-order chi connectivity index (χ0) is 14.6. The molecule has 2 N–H and O–H groups in total. The second-order valence-electron chi connectivity index (χ2n) is 4.93. The highest BCUT2D eigenvalue weighted by molar-refractivity contribution is 5.33. The van der Waals surface area contributed by atoms with Crippen LogP contribution in [0.15, 0.2) is 24.3 Å². The summed E-state index contributed by atoms with van der Waals surface area (Å²) in [6.45, 7) is 3.46. The Labute approximate surface area is 116 Å². The Hall–Kier alpha value is -1.11. The number of ether oxygens (including phenoxy) is 1. The largest absolute Gasteiger partial charge is 0.416 e. The van der Waals surface area contributed by atoms with E-state index in [2.05, 4.69) is 4.90 Å². The van der Waals surface area contributed by atoms with Crippen LogP contribution in [0.25, 0.3) is 0 Å². The summed E-state index contributed by atoms with van der Waals surface area (Å²) in [5.74, 6) is -0.314. The number of benzene rings is 1. The zero-order valence-electron chi connectivity index (χ0n) is 11.2. The maximum absolute atomic E-state index is 13.0. The van der Waals surface area contributed by atoms with E-state index in [9.17, 15) is 13.2 Å². The van der Waals surface area contributed by atoms with Gasteiger partial charge in [-0.2, -0.15) is 13.2 Å². The summed E-state index contributed by atoms with van der Waals surface area (Å²) >= 11 is 0. The quantitative estimate of drug-likeness (QED) is 0.922. The maximum atomic E-state index is 13.0. The molecule has 0 saturated carbocycles. The standard InChI is InChI=1S/C14H19F3N2O/c15-14(16,17)13-4-2-1-3-12(13)11(9-18)10-19-5-7-20-8-6-19/h1-4,11H,5-10,18H2. The molecular weight excluding hydrogens is 269 g/mol. The van der Waals surface area contributed by atoms with Gasteiger partial charge in [0.05, 0.1) is 18.8 Å². The Balaban J connectivity index is 2.18. The molecule has 112 valence electrons. The van der Waals surface area contributed by atoms with Crippen molar-refractivity contribution in [1.82, 2.24) is 4.90 Å². The summed E-state index contributed by atoms with van der Waals surface area (Å²) < 4.78 is 44.4. The fourth-order valence-corrected chi connectivity index (χ4v) is 2.51. The zero-order valence-corrected chi connectivity index (χ0v) is 11.2. The Morgan fingerprint density at radius 1 is 1.20 bits per heavy atom. The molecule has 0 amide bonds. The lowest BCUT2D eigenvalue weighted by molar-refractivity contribution is -0.138. The molecule has 0 aromatic heterocycles. The van der Waals surface area contributed by atoms with Crippen molar-refractivity contribution in [3.8, 4) is 0 Å². The van der Waals surface area contributed by atoms with Crippen LogP contribution >= 0.6 is 0 Å². The second kappa shape index (κ2) is 6.56. The minimum Gasteiger partial charge on any atom is -0.379 e. The van der Waals surface area contributed by atoms with Crippen LogP contribution in [0.2, 0.25) is 0 Å². The molecule has 20 heavy (non-hydrogen) atoms. The van der Waals surface area contributed by atoms with Crippen LogP contribution in [0, 0.1) is 0 Å². The van der Waals surface area contributed by atoms with E-state index in [1.54, 1.807) is 6.07 Å². The molecule has 1 saturated heterocycles. The molecule has 0 spiro atoms. The number of morpholine rings is 1. The van der Waals surface area contributed by atoms with Crippen LogP contribution in [-0.4, -0.2) is 44.3 Å². The van der Waals surface area contributed by atoms with Crippen molar-refractivity contribution in [3.63, 3.8) is 0 Å². The van der Waals surface area contributed by atoms with Gasteiger partial charge in [0.1, 0.15) is 0 Å². The monoisotopic (exact) mass is 288 g/mol. The number of hydrogen-bond acceptors (Lipinski definition) is 3. The molecule has 1 fully saturated rings. The number of halogens is 3. The van der Waals surface area contributed by atoms with Crippen LogP contribution in [0.4, 0.5) is 13.2 Å². The normalized spacial score (nSPS) is 19.0. The van der Waals surface area contributed by atoms with Crippen molar-refractivity contribution in [2.45, 2.75) is 12.1 Å². The van der Waals surface area contributed by atoms with E-state index in [1.165, 1.54) is 12.1 Å². The van der Waals surface area contributed by atoms with E-state index in [0.717, 1.165) is 19.2 Å². The molecule has 1 heterocycles. The Morgan fingerprint density at radius 3 is 2.45 bits per heavy atom. The average molecular weight is 288 g/mol. The van der Waals surface area contributed by atoms with Crippen LogP contribution in [0.5, 0.6) is 0 Å². The van der Waals surface area contributed by atoms with Gasteiger partial charge in [0.25, 0.3) is 0 Å². The average Bonchev–Trinajstić information content (AvgIpc) is 2.45. The number of rotatable bonds is 4. The van der Waals surface area contributed by atoms with E-state index in [1.807, 2.05) is 0 Å². The summed E-state index contributed by atoms with van der Waals surface area (Å²) in [6, 6.07) is 5.69. The van der Waals surface area contributed by atoms with Crippen molar-refractivity contribution < 1.29 is 17.9 Å². The van der Waals surface area contributed by atoms with Crippen molar-refractivity contribution >= 4 is 0 Å². The lowest BCUT2D eigenvalue weighted by atomic mass is 9.93. The molecular formula is C14H19F3N2O. The van der Waals surface area contributed by atoms with Crippen molar-refractivity contribution in [2.75, 3.05) is 39.4 Å². The maximum Gasteiger partial charge on any atom is 0.416 e. The highest BCUT2D eigenvalue weighted by Gasteiger charge is 2.35. The molecule has 3 nitrogen and oxygen atoms in total. The summed E-state index contributed by atoms with van der Waals surface area (Å²) in [4.78, 5) is 2.11. The summed E-state index contributed by atoms with van der Waals surface area (Å²) in [5.41, 5.74) is 5.42. The third-order valence-electron chi connectivity index (χ3n) is 3.57. The van der Waals surface area contributed by atoms with E-state index in [-0.39, 0.29) is 18.0 Å². The molecule has 1 atom stereocenters. The van der Waals surface area contributed by atoms with Gasteiger partial charge in [-0.05, 0) is 11.6 Å². The molecule has 1 aliphatic heterocycles. The molecule has 0 bridgehead atoms. The lowest BCUT2D eigenvalue weighted by Gasteiger charge is -2.31. The number of nitrogens with two attached hydrogens (primary N) is 1. The van der Waals surface area contributed by atoms with Crippen LogP contribution in [0.3, 0.4) is 0 Å². The Bertz CT molecular complexity index is 431. The SMILES string of the molecule is NCC(CN1CCOCC1)c1ccccc1C(F)(F)F. The molecule has 1 aromatic rings. The van der Waals surface area contributed by atoms with Crippen LogP contribution in [0.1, 0.15) is 17.0 Å². The Morgan fingerprint density at radius 2 is 1.85 bits per heavy atom. The molecule has 0 radical (unpaired) electrons. The Kier molecular flexibility index (Phi) is 5.01. The smallest absolute Gasteiger partial charge is 0.379 e. The van der Waals surface area contributed by atoms with Crippen molar-refractivity contribution in [2.24, 2.45) is 5.73 Å². The van der Waals surface area contributed by atoms with E-state index < -0.39 is 11.7 Å². The van der Waals surface area contributed by atoms with Gasteiger partial charge in [0.2, 0.25) is 0 Å². The number of nitrogens with zero attached hydrogens (tertiary/aromatic N) is 1. The molecule has 2 rings (SSSR count). The van der Waals surface area contributed by atoms with Crippen molar-refractivity contribution in [1.29, 1.82) is 0 Å². The summed E-state index contributed by atoms with van der Waals surface area (Å²) in [6.07, 6.45) is -4.34. The van der Waals surface area contributed by atoms with E-state index in [4.69, 9.17) is 10.5 Å². The molecule has 6 heteroatoms. The molecule has 0 aliphatic carbocycles.